The van der Waals surface area contributed by atoms with E-state index in [0.29, 0.717) is 11.8 Å². The first kappa shape index (κ1) is 16.3. The van der Waals surface area contributed by atoms with E-state index in [-0.39, 0.29) is 29.0 Å². The molecule has 22 heavy (non-hydrogen) atoms. The second-order valence-corrected chi connectivity index (χ2v) is 8.84. The molecule has 0 radical (unpaired) electrons. The molecule has 2 saturated carbocycles. The van der Waals surface area contributed by atoms with E-state index in [2.05, 4.69) is 39.5 Å². The van der Waals surface area contributed by atoms with Gasteiger partial charge in [0, 0.05) is 10.8 Å². The van der Waals surface area contributed by atoms with E-state index in [1.54, 1.807) is 5.57 Å². The lowest BCUT2D eigenvalue weighted by Crippen LogP contribution is -2.58. The van der Waals surface area contributed by atoms with Crippen molar-refractivity contribution >= 4 is 0 Å². The minimum absolute atomic E-state index is 0.102. The van der Waals surface area contributed by atoms with Crippen LogP contribution in [0.4, 0.5) is 0 Å². The zero-order chi connectivity index (χ0) is 16.2. The third-order valence-corrected chi connectivity index (χ3v) is 7.57. The molecule has 0 unspecified atom stereocenters. The third kappa shape index (κ3) is 2.14. The van der Waals surface area contributed by atoms with Gasteiger partial charge in [-0.2, -0.15) is 0 Å². The SMILES string of the molecule is C=C[C@]1(C)C=C2CC[C@@H]3[C@](C)(CC[C@H](O)[C@]3(C)CO)[C@H]2CC1. The zero-order valence-electron chi connectivity index (χ0n) is 14.4. The second-order valence-electron chi connectivity index (χ2n) is 8.84. The van der Waals surface area contributed by atoms with Crippen LogP contribution in [0.2, 0.25) is 0 Å². The Balaban J connectivity index is 1.98. The van der Waals surface area contributed by atoms with Crippen LogP contribution in [0.25, 0.3) is 0 Å². The number of aliphatic hydroxyl groups excluding tert-OH is 2. The number of fused-ring (bicyclic) bond motifs is 3. The van der Waals surface area contributed by atoms with Gasteiger partial charge >= 0.3 is 0 Å². The molecule has 3 aliphatic carbocycles. The monoisotopic (exact) mass is 304 g/mol. The predicted octanol–water partition coefficient (Wildman–Crippen LogP) is 4.08. The maximum atomic E-state index is 10.5. The maximum Gasteiger partial charge on any atom is 0.0618 e. The standard InChI is InChI=1S/C20H32O2/c1-5-18(2)10-8-15-14(12-18)6-7-16-19(15,3)11-9-17(22)20(16,4)13-21/h5,12,15-17,21-22H,1,6-11,13H2,2-4H3/t15-,16+,17-,18-,19+,20+/m0/s1. The molecular formula is C20H32O2. The fourth-order valence-corrected chi connectivity index (χ4v) is 5.94. The summed E-state index contributed by atoms with van der Waals surface area (Å²) in [6.45, 7) is 10.9. The lowest BCUT2D eigenvalue weighted by molar-refractivity contribution is -0.153. The molecule has 2 fully saturated rings. The number of hydrogen-bond donors (Lipinski definition) is 2. The summed E-state index contributed by atoms with van der Waals surface area (Å²) >= 11 is 0. The van der Waals surface area contributed by atoms with Crippen LogP contribution < -0.4 is 0 Å². The van der Waals surface area contributed by atoms with E-state index in [4.69, 9.17) is 0 Å². The highest BCUT2D eigenvalue weighted by molar-refractivity contribution is 5.27. The molecule has 0 saturated heterocycles. The summed E-state index contributed by atoms with van der Waals surface area (Å²) in [5.41, 5.74) is 1.66. The molecule has 124 valence electrons. The summed E-state index contributed by atoms with van der Waals surface area (Å²) in [5.74, 6) is 1.04. The van der Waals surface area contributed by atoms with Gasteiger partial charge in [-0.3, -0.25) is 0 Å². The minimum Gasteiger partial charge on any atom is -0.396 e. The van der Waals surface area contributed by atoms with E-state index in [1.807, 2.05) is 0 Å². The molecule has 2 N–H and O–H groups in total. The van der Waals surface area contributed by atoms with E-state index >= 15 is 0 Å². The molecule has 0 aromatic rings. The summed E-state index contributed by atoms with van der Waals surface area (Å²) in [5, 5.41) is 20.5. The van der Waals surface area contributed by atoms with Gasteiger partial charge in [0.2, 0.25) is 0 Å². The van der Waals surface area contributed by atoms with E-state index < -0.39 is 0 Å². The number of allylic oxidation sites excluding steroid dienone is 3. The summed E-state index contributed by atoms with van der Waals surface area (Å²) in [6.07, 6.45) is 10.8. The molecule has 0 aliphatic heterocycles. The second kappa shape index (κ2) is 5.21. The van der Waals surface area contributed by atoms with Crippen LogP contribution in [0, 0.1) is 28.1 Å². The fourth-order valence-electron chi connectivity index (χ4n) is 5.94. The molecule has 0 aromatic heterocycles. The van der Waals surface area contributed by atoms with Crippen molar-refractivity contribution in [1.82, 2.24) is 0 Å². The number of aliphatic hydroxyl groups is 2. The van der Waals surface area contributed by atoms with Crippen LogP contribution >= 0.6 is 0 Å². The molecule has 3 rings (SSSR count). The van der Waals surface area contributed by atoms with Crippen LogP contribution in [0.5, 0.6) is 0 Å². The van der Waals surface area contributed by atoms with Gasteiger partial charge in [0.1, 0.15) is 0 Å². The van der Waals surface area contributed by atoms with Gasteiger partial charge in [-0.1, -0.05) is 38.5 Å². The van der Waals surface area contributed by atoms with Gasteiger partial charge in [0.25, 0.3) is 0 Å². The quantitative estimate of drug-likeness (QED) is 0.755. The van der Waals surface area contributed by atoms with Crippen molar-refractivity contribution in [3.05, 3.63) is 24.3 Å². The van der Waals surface area contributed by atoms with Crippen LogP contribution in [0.15, 0.2) is 24.3 Å². The smallest absolute Gasteiger partial charge is 0.0618 e. The highest BCUT2D eigenvalue weighted by Gasteiger charge is 2.58. The Labute approximate surface area is 135 Å². The van der Waals surface area contributed by atoms with Crippen molar-refractivity contribution in [2.24, 2.45) is 28.1 Å². The van der Waals surface area contributed by atoms with E-state index in [1.165, 1.54) is 12.8 Å². The first-order chi connectivity index (χ1) is 10.3. The van der Waals surface area contributed by atoms with Crippen molar-refractivity contribution in [2.45, 2.75) is 65.4 Å². The van der Waals surface area contributed by atoms with Crippen molar-refractivity contribution in [3.63, 3.8) is 0 Å². The van der Waals surface area contributed by atoms with Crippen LogP contribution in [0.3, 0.4) is 0 Å². The van der Waals surface area contributed by atoms with Crippen molar-refractivity contribution in [1.29, 1.82) is 0 Å². The average Bonchev–Trinajstić information content (AvgIpc) is 2.51. The molecular weight excluding hydrogens is 272 g/mol. The Morgan fingerprint density at radius 1 is 1.23 bits per heavy atom. The lowest BCUT2D eigenvalue weighted by Gasteiger charge is -2.61. The predicted molar refractivity (Wildman–Crippen MR) is 90.4 cm³/mol. The molecule has 0 spiro atoms. The molecule has 0 aromatic carbocycles. The highest BCUT2D eigenvalue weighted by Crippen LogP contribution is 2.63. The van der Waals surface area contributed by atoms with Gasteiger partial charge in [-0.05, 0) is 55.8 Å². The average molecular weight is 304 g/mol. The van der Waals surface area contributed by atoms with Gasteiger partial charge in [0.05, 0.1) is 12.7 Å². The number of rotatable bonds is 2. The van der Waals surface area contributed by atoms with Gasteiger partial charge < -0.3 is 10.2 Å². The van der Waals surface area contributed by atoms with Gasteiger partial charge in [0.15, 0.2) is 0 Å². The van der Waals surface area contributed by atoms with Crippen molar-refractivity contribution in [2.75, 3.05) is 6.61 Å². The molecule has 6 atom stereocenters. The summed E-state index contributed by atoms with van der Waals surface area (Å²) in [7, 11) is 0. The summed E-state index contributed by atoms with van der Waals surface area (Å²) < 4.78 is 0. The first-order valence-electron chi connectivity index (χ1n) is 8.93. The summed E-state index contributed by atoms with van der Waals surface area (Å²) in [4.78, 5) is 0. The molecule has 2 nitrogen and oxygen atoms in total. The first-order valence-corrected chi connectivity index (χ1v) is 8.93. The zero-order valence-corrected chi connectivity index (χ0v) is 14.4. The topological polar surface area (TPSA) is 40.5 Å². The Bertz CT molecular complexity index is 496. The van der Waals surface area contributed by atoms with Gasteiger partial charge in [-0.25, -0.2) is 0 Å². The molecule has 0 heterocycles. The largest absolute Gasteiger partial charge is 0.396 e. The Morgan fingerprint density at radius 3 is 2.59 bits per heavy atom. The molecule has 3 aliphatic rings. The van der Waals surface area contributed by atoms with Crippen molar-refractivity contribution < 1.29 is 10.2 Å². The van der Waals surface area contributed by atoms with Crippen LogP contribution in [0.1, 0.15) is 59.3 Å². The van der Waals surface area contributed by atoms with Crippen LogP contribution in [-0.4, -0.2) is 22.9 Å². The third-order valence-electron chi connectivity index (χ3n) is 7.57. The van der Waals surface area contributed by atoms with E-state index in [9.17, 15) is 10.2 Å². The minimum atomic E-state index is -0.358. The normalized spacial score (nSPS) is 51.5. The van der Waals surface area contributed by atoms with E-state index in [0.717, 1.165) is 25.7 Å². The van der Waals surface area contributed by atoms with Crippen LogP contribution in [-0.2, 0) is 0 Å². The maximum absolute atomic E-state index is 10.5. The fraction of sp³-hybridized carbons (Fsp3) is 0.800. The lowest BCUT2D eigenvalue weighted by atomic mass is 9.44. The summed E-state index contributed by atoms with van der Waals surface area (Å²) in [6, 6.07) is 0. The molecule has 2 heteroatoms. The molecule has 0 amide bonds. The Hall–Kier alpha value is -0.600. The highest BCUT2D eigenvalue weighted by atomic mass is 16.3. The van der Waals surface area contributed by atoms with Crippen molar-refractivity contribution in [3.8, 4) is 0 Å². The Morgan fingerprint density at radius 2 is 1.95 bits per heavy atom. The molecule has 0 bridgehead atoms. The Kier molecular flexibility index (Phi) is 3.85. The number of hydrogen-bond acceptors (Lipinski definition) is 2. The van der Waals surface area contributed by atoms with Gasteiger partial charge in [-0.15, -0.1) is 6.58 Å².